The molecule has 1 fully saturated rings. The van der Waals surface area contributed by atoms with Gasteiger partial charge in [0.25, 0.3) is 5.91 Å². The van der Waals surface area contributed by atoms with Crippen molar-refractivity contribution in [2.45, 2.75) is 18.9 Å². The molecule has 150 valence electrons. The molecule has 1 saturated heterocycles. The lowest BCUT2D eigenvalue weighted by Gasteiger charge is -2.23. The molecule has 5 N–H and O–H groups in total. The second-order valence-electron chi connectivity index (χ2n) is 6.64. The lowest BCUT2D eigenvalue weighted by atomic mass is 10.1. The van der Waals surface area contributed by atoms with Crippen molar-refractivity contribution < 1.29 is 9.59 Å². The number of carbonyl (C=O) groups is 2. The summed E-state index contributed by atoms with van der Waals surface area (Å²) in [5, 5.41) is 12.2. The van der Waals surface area contributed by atoms with Gasteiger partial charge in [0.15, 0.2) is 5.82 Å². The van der Waals surface area contributed by atoms with Crippen LogP contribution in [0.25, 0.3) is 10.4 Å². The highest BCUT2D eigenvalue weighted by Gasteiger charge is 2.22. The first-order chi connectivity index (χ1) is 14.2. The fraction of sp³-hybridized carbons (Fsp3) is 0.263. The lowest BCUT2D eigenvalue weighted by Crippen LogP contribution is -2.45. The van der Waals surface area contributed by atoms with Crippen LogP contribution in [0.4, 0.5) is 15.6 Å². The van der Waals surface area contributed by atoms with Crippen LogP contribution in [0.15, 0.2) is 43.1 Å². The molecule has 1 aliphatic rings. The van der Waals surface area contributed by atoms with E-state index in [9.17, 15) is 9.59 Å². The van der Waals surface area contributed by atoms with Crippen molar-refractivity contribution >= 4 is 34.1 Å². The van der Waals surface area contributed by atoms with Gasteiger partial charge in [0.05, 0.1) is 11.8 Å². The molecule has 4 heterocycles. The van der Waals surface area contributed by atoms with E-state index in [0.717, 1.165) is 36.4 Å². The zero-order chi connectivity index (χ0) is 20.1. The Morgan fingerprint density at radius 2 is 2.17 bits per heavy atom. The predicted molar refractivity (Wildman–Crippen MR) is 112 cm³/mol. The molecule has 0 aliphatic carbocycles. The Morgan fingerprint density at radius 1 is 1.24 bits per heavy atom. The van der Waals surface area contributed by atoms with Crippen LogP contribution < -0.4 is 21.3 Å². The van der Waals surface area contributed by atoms with Crippen molar-refractivity contribution in [2.24, 2.45) is 0 Å². The number of anilines is 2. The standard InChI is InChI=1S/C19H21N7O2S/c27-17(24-13-2-1-4-20-10-13)14-8-15(12-3-5-21-9-12)29-18(14)26-19(28)25-16-11-22-6-7-23-16/h3,5-9,11,13,20-21H,1-2,4,10H2,(H,24,27)(H2,23,25,26,28)/t13-/m0/s1. The minimum absolute atomic E-state index is 0.0770. The van der Waals surface area contributed by atoms with Crippen molar-refractivity contribution in [3.63, 3.8) is 0 Å². The van der Waals surface area contributed by atoms with E-state index in [4.69, 9.17) is 0 Å². The molecule has 10 heteroatoms. The zero-order valence-corrected chi connectivity index (χ0v) is 16.4. The van der Waals surface area contributed by atoms with E-state index in [2.05, 4.69) is 36.2 Å². The highest BCUT2D eigenvalue weighted by Crippen LogP contribution is 2.35. The second kappa shape index (κ2) is 8.84. The summed E-state index contributed by atoms with van der Waals surface area (Å²) in [4.78, 5) is 37.2. The molecule has 0 saturated carbocycles. The van der Waals surface area contributed by atoms with Gasteiger partial charge in [-0.3, -0.25) is 20.4 Å². The summed E-state index contributed by atoms with van der Waals surface area (Å²) in [5.41, 5.74) is 1.39. The number of urea groups is 1. The Balaban J connectivity index is 1.54. The Morgan fingerprint density at radius 3 is 2.90 bits per heavy atom. The minimum Gasteiger partial charge on any atom is -0.367 e. The Bertz CT molecular complexity index is 966. The first-order valence-electron chi connectivity index (χ1n) is 9.31. The van der Waals surface area contributed by atoms with Crippen molar-refractivity contribution in [2.75, 3.05) is 23.7 Å². The van der Waals surface area contributed by atoms with Gasteiger partial charge in [-0.1, -0.05) is 0 Å². The number of hydrogen-bond acceptors (Lipinski definition) is 6. The molecule has 9 nitrogen and oxygen atoms in total. The van der Waals surface area contributed by atoms with Crippen LogP contribution in [-0.2, 0) is 0 Å². The average molecular weight is 411 g/mol. The Kier molecular flexibility index (Phi) is 5.82. The third-order valence-electron chi connectivity index (χ3n) is 4.52. The van der Waals surface area contributed by atoms with Crippen molar-refractivity contribution in [1.82, 2.24) is 25.6 Å². The summed E-state index contributed by atoms with van der Waals surface area (Å²) < 4.78 is 0. The number of carbonyl (C=O) groups excluding carboxylic acids is 2. The Hall–Kier alpha value is -3.24. The number of thiophene rings is 1. The van der Waals surface area contributed by atoms with Gasteiger partial charge in [-0.25, -0.2) is 9.78 Å². The van der Waals surface area contributed by atoms with Gasteiger partial charge in [-0.15, -0.1) is 11.3 Å². The summed E-state index contributed by atoms with van der Waals surface area (Å²) in [5.74, 6) is 0.123. The molecule has 3 aromatic rings. The molecule has 0 bridgehead atoms. The van der Waals surface area contributed by atoms with Gasteiger partial charge in [0, 0.05) is 47.8 Å². The largest absolute Gasteiger partial charge is 0.367 e. The molecule has 3 amide bonds. The van der Waals surface area contributed by atoms with E-state index in [1.165, 1.54) is 29.9 Å². The SMILES string of the molecule is O=C(Nc1cnccn1)Nc1sc(-c2cc[nH]c2)cc1C(=O)N[C@H]1CCCNC1. The molecule has 0 unspecified atom stereocenters. The van der Waals surface area contributed by atoms with Crippen LogP contribution >= 0.6 is 11.3 Å². The summed E-state index contributed by atoms with van der Waals surface area (Å²) in [6.07, 6.45) is 10.1. The second-order valence-corrected chi connectivity index (χ2v) is 7.69. The quantitative estimate of drug-likeness (QED) is 0.442. The van der Waals surface area contributed by atoms with Crippen LogP contribution in [0, 0.1) is 0 Å². The third kappa shape index (κ3) is 4.79. The number of nitrogens with zero attached hydrogens (tertiary/aromatic N) is 2. The number of aromatic nitrogens is 3. The number of H-pyrrole nitrogens is 1. The number of aromatic amines is 1. The number of piperidine rings is 1. The maximum Gasteiger partial charge on any atom is 0.325 e. The molecule has 0 aromatic carbocycles. The number of amides is 3. The lowest BCUT2D eigenvalue weighted by molar-refractivity contribution is 0.0932. The maximum absolute atomic E-state index is 12.9. The van der Waals surface area contributed by atoms with Crippen LogP contribution in [0.1, 0.15) is 23.2 Å². The average Bonchev–Trinajstić information content (AvgIpc) is 3.39. The summed E-state index contributed by atoms with van der Waals surface area (Å²) in [6, 6.07) is 3.31. The number of hydrogen-bond donors (Lipinski definition) is 5. The number of rotatable bonds is 5. The first-order valence-corrected chi connectivity index (χ1v) is 10.1. The van der Waals surface area contributed by atoms with Gasteiger partial charge >= 0.3 is 6.03 Å². The first kappa shape index (κ1) is 19.1. The van der Waals surface area contributed by atoms with Crippen molar-refractivity contribution in [1.29, 1.82) is 0 Å². The van der Waals surface area contributed by atoms with E-state index in [0.29, 0.717) is 16.4 Å². The molecule has 1 aliphatic heterocycles. The molecule has 1 atom stereocenters. The van der Waals surface area contributed by atoms with Gasteiger partial charge < -0.3 is 15.6 Å². The normalized spacial score (nSPS) is 16.2. The van der Waals surface area contributed by atoms with Gasteiger partial charge in [-0.05, 0) is 31.5 Å². The van der Waals surface area contributed by atoms with Gasteiger partial charge in [0.2, 0.25) is 0 Å². The smallest absolute Gasteiger partial charge is 0.325 e. The van der Waals surface area contributed by atoms with Gasteiger partial charge in [-0.2, -0.15) is 0 Å². The van der Waals surface area contributed by atoms with E-state index in [1.807, 2.05) is 18.5 Å². The highest BCUT2D eigenvalue weighted by molar-refractivity contribution is 7.20. The molecule has 29 heavy (non-hydrogen) atoms. The van der Waals surface area contributed by atoms with Crippen molar-refractivity contribution in [3.05, 3.63) is 48.7 Å². The van der Waals surface area contributed by atoms with Crippen LogP contribution in [0.5, 0.6) is 0 Å². The fourth-order valence-corrected chi connectivity index (χ4v) is 4.17. The predicted octanol–water partition coefficient (Wildman–Crippen LogP) is 2.66. The summed E-state index contributed by atoms with van der Waals surface area (Å²) in [6.45, 7) is 1.72. The molecular weight excluding hydrogens is 390 g/mol. The van der Waals surface area contributed by atoms with Crippen LogP contribution in [0.2, 0.25) is 0 Å². The summed E-state index contributed by atoms with van der Waals surface area (Å²) >= 11 is 1.34. The van der Waals surface area contributed by atoms with E-state index < -0.39 is 6.03 Å². The highest BCUT2D eigenvalue weighted by atomic mass is 32.1. The minimum atomic E-state index is -0.485. The monoisotopic (exact) mass is 411 g/mol. The molecule has 3 aromatic heterocycles. The van der Waals surface area contributed by atoms with E-state index in [-0.39, 0.29) is 11.9 Å². The molecular formula is C19H21N7O2S. The van der Waals surface area contributed by atoms with Crippen molar-refractivity contribution in [3.8, 4) is 10.4 Å². The topological polar surface area (TPSA) is 124 Å². The fourth-order valence-electron chi connectivity index (χ4n) is 3.12. The van der Waals surface area contributed by atoms with E-state index >= 15 is 0 Å². The number of nitrogens with one attached hydrogen (secondary N) is 5. The molecule has 4 rings (SSSR count). The molecule has 0 radical (unpaired) electrons. The van der Waals surface area contributed by atoms with E-state index in [1.54, 1.807) is 6.07 Å². The van der Waals surface area contributed by atoms with Crippen LogP contribution in [-0.4, -0.2) is 46.0 Å². The Labute approximate surface area is 171 Å². The third-order valence-corrected chi connectivity index (χ3v) is 5.62. The summed E-state index contributed by atoms with van der Waals surface area (Å²) in [7, 11) is 0. The zero-order valence-electron chi connectivity index (χ0n) is 15.6. The van der Waals surface area contributed by atoms with Gasteiger partial charge in [0.1, 0.15) is 5.00 Å². The molecule has 0 spiro atoms. The maximum atomic E-state index is 12.9. The van der Waals surface area contributed by atoms with Crippen LogP contribution in [0.3, 0.4) is 0 Å².